The largest absolute Gasteiger partial charge is 0.507 e. The Morgan fingerprint density at radius 2 is 1.68 bits per heavy atom. The highest BCUT2D eigenvalue weighted by Crippen LogP contribution is 2.30. The summed E-state index contributed by atoms with van der Waals surface area (Å²) in [5.41, 5.74) is 5.74. The Balaban J connectivity index is 1.76. The number of nitrogens with one attached hydrogen (secondary N) is 1. The molecule has 0 bridgehead atoms. The first-order valence-corrected chi connectivity index (χ1v) is 8.65. The lowest BCUT2D eigenvalue weighted by Gasteiger charge is -2.28. The molecule has 0 atom stereocenters. The molecule has 0 unspecified atom stereocenters. The average Bonchev–Trinajstić information content (AvgIpc) is 2.65. The highest BCUT2D eigenvalue weighted by molar-refractivity contribution is 5.82. The number of piperazine rings is 1. The molecule has 3 aromatic rings. The molecule has 0 spiro atoms. The van der Waals surface area contributed by atoms with E-state index in [-0.39, 0.29) is 0 Å². The Kier molecular flexibility index (Phi) is 4.01. The predicted octanol–water partition coefficient (Wildman–Crippen LogP) is 3.03. The Hall–Kier alpha value is -2.66. The summed E-state index contributed by atoms with van der Waals surface area (Å²) in [4.78, 5) is 11.7. The molecule has 128 valence electrons. The van der Waals surface area contributed by atoms with Crippen LogP contribution in [0.1, 0.15) is 11.1 Å². The Morgan fingerprint density at radius 1 is 0.960 bits per heavy atom. The van der Waals surface area contributed by atoms with Crippen LogP contribution in [0.25, 0.3) is 22.2 Å². The standard InChI is InChI=1S/C20H22N4O/c1-13-9-16(10-14(2)20(13)25)15-3-4-17-18(11-15)23-19(12-22-17)24-7-5-21-6-8-24/h3-4,9-12,21,25H,5-8H2,1-2H3. The van der Waals surface area contributed by atoms with Gasteiger partial charge in [0, 0.05) is 26.2 Å². The van der Waals surface area contributed by atoms with E-state index in [1.165, 1.54) is 0 Å². The van der Waals surface area contributed by atoms with E-state index in [1.54, 1.807) is 0 Å². The number of hydrogen-bond donors (Lipinski definition) is 2. The number of fused-ring (bicyclic) bond motifs is 1. The fourth-order valence-corrected chi connectivity index (χ4v) is 3.35. The van der Waals surface area contributed by atoms with Crippen molar-refractivity contribution in [1.29, 1.82) is 0 Å². The molecule has 0 amide bonds. The molecule has 1 aromatic heterocycles. The molecule has 1 aliphatic rings. The Morgan fingerprint density at radius 3 is 2.40 bits per heavy atom. The number of aromatic hydroxyl groups is 1. The third-order valence-electron chi connectivity index (χ3n) is 4.79. The van der Waals surface area contributed by atoms with Gasteiger partial charge in [-0.1, -0.05) is 6.07 Å². The second-order valence-electron chi connectivity index (χ2n) is 6.63. The van der Waals surface area contributed by atoms with E-state index in [4.69, 9.17) is 4.98 Å². The molecular formula is C20H22N4O. The van der Waals surface area contributed by atoms with Crippen LogP contribution in [0.15, 0.2) is 36.5 Å². The van der Waals surface area contributed by atoms with E-state index >= 15 is 0 Å². The van der Waals surface area contributed by atoms with Crippen LogP contribution in [0, 0.1) is 13.8 Å². The quantitative estimate of drug-likeness (QED) is 0.754. The van der Waals surface area contributed by atoms with Crippen molar-refractivity contribution >= 4 is 16.9 Å². The van der Waals surface area contributed by atoms with Crippen LogP contribution >= 0.6 is 0 Å². The highest BCUT2D eigenvalue weighted by Gasteiger charge is 2.13. The van der Waals surface area contributed by atoms with Gasteiger partial charge in [-0.3, -0.25) is 4.98 Å². The second kappa shape index (κ2) is 6.33. The van der Waals surface area contributed by atoms with Gasteiger partial charge >= 0.3 is 0 Å². The van der Waals surface area contributed by atoms with Crippen LogP contribution in [0.3, 0.4) is 0 Å². The molecule has 2 N–H and O–H groups in total. The minimum absolute atomic E-state index is 0.366. The molecule has 0 saturated carbocycles. The maximum Gasteiger partial charge on any atom is 0.147 e. The van der Waals surface area contributed by atoms with E-state index < -0.39 is 0 Å². The van der Waals surface area contributed by atoms with Crippen LogP contribution in [-0.4, -0.2) is 41.3 Å². The Labute approximate surface area is 147 Å². The molecule has 2 heterocycles. The first kappa shape index (κ1) is 15.8. The van der Waals surface area contributed by atoms with Crippen molar-refractivity contribution in [2.45, 2.75) is 13.8 Å². The van der Waals surface area contributed by atoms with E-state index in [1.807, 2.05) is 38.2 Å². The number of aromatic nitrogens is 2. The van der Waals surface area contributed by atoms with Crippen LogP contribution in [0.2, 0.25) is 0 Å². The van der Waals surface area contributed by atoms with Crippen LogP contribution in [-0.2, 0) is 0 Å². The lowest BCUT2D eigenvalue weighted by atomic mass is 9.99. The number of aryl methyl sites for hydroxylation is 2. The molecule has 1 fully saturated rings. The number of rotatable bonds is 2. The Bertz CT molecular complexity index is 909. The predicted molar refractivity (Wildman–Crippen MR) is 101 cm³/mol. The van der Waals surface area contributed by atoms with Gasteiger partial charge in [-0.2, -0.15) is 0 Å². The highest BCUT2D eigenvalue weighted by atomic mass is 16.3. The maximum atomic E-state index is 10.00. The van der Waals surface area contributed by atoms with Gasteiger partial charge < -0.3 is 15.3 Å². The molecular weight excluding hydrogens is 312 g/mol. The van der Waals surface area contributed by atoms with Gasteiger partial charge in [-0.15, -0.1) is 0 Å². The summed E-state index contributed by atoms with van der Waals surface area (Å²) in [6, 6.07) is 10.2. The van der Waals surface area contributed by atoms with Crippen molar-refractivity contribution in [3.05, 3.63) is 47.7 Å². The summed E-state index contributed by atoms with van der Waals surface area (Å²) in [5, 5.41) is 13.4. The molecule has 0 aliphatic carbocycles. The smallest absolute Gasteiger partial charge is 0.147 e. The number of hydrogen-bond acceptors (Lipinski definition) is 5. The maximum absolute atomic E-state index is 10.00. The third-order valence-corrected chi connectivity index (χ3v) is 4.79. The molecule has 1 saturated heterocycles. The van der Waals surface area contributed by atoms with Gasteiger partial charge in [-0.05, 0) is 60.4 Å². The van der Waals surface area contributed by atoms with Gasteiger partial charge in [0.15, 0.2) is 0 Å². The van der Waals surface area contributed by atoms with Crippen molar-refractivity contribution in [2.75, 3.05) is 31.1 Å². The second-order valence-corrected chi connectivity index (χ2v) is 6.63. The molecule has 0 radical (unpaired) electrons. The van der Waals surface area contributed by atoms with Crippen LogP contribution in [0.5, 0.6) is 5.75 Å². The summed E-state index contributed by atoms with van der Waals surface area (Å²) in [5.74, 6) is 1.30. The minimum atomic E-state index is 0.366. The van der Waals surface area contributed by atoms with E-state index in [0.29, 0.717) is 5.75 Å². The lowest BCUT2D eigenvalue weighted by molar-refractivity contribution is 0.467. The average molecular weight is 334 g/mol. The van der Waals surface area contributed by atoms with Crippen molar-refractivity contribution in [3.63, 3.8) is 0 Å². The summed E-state index contributed by atoms with van der Waals surface area (Å²) in [7, 11) is 0. The number of anilines is 1. The number of phenols is 1. The van der Waals surface area contributed by atoms with E-state index in [2.05, 4.69) is 27.3 Å². The number of nitrogens with zero attached hydrogens (tertiary/aromatic N) is 3. The zero-order valence-corrected chi connectivity index (χ0v) is 14.6. The SMILES string of the molecule is Cc1cc(-c2ccc3ncc(N4CCNCC4)nc3c2)cc(C)c1O. The summed E-state index contributed by atoms with van der Waals surface area (Å²) in [6.07, 6.45) is 1.86. The van der Waals surface area contributed by atoms with Gasteiger partial charge in [-0.25, -0.2) is 4.98 Å². The summed E-state index contributed by atoms with van der Waals surface area (Å²) < 4.78 is 0. The topological polar surface area (TPSA) is 61.3 Å². The van der Waals surface area contributed by atoms with Gasteiger partial charge in [0.25, 0.3) is 0 Å². The monoisotopic (exact) mass is 334 g/mol. The fraction of sp³-hybridized carbons (Fsp3) is 0.300. The molecule has 5 nitrogen and oxygen atoms in total. The minimum Gasteiger partial charge on any atom is -0.507 e. The van der Waals surface area contributed by atoms with Gasteiger partial charge in [0.1, 0.15) is 11.6 Å². The summed E-state index contributed by atoms with van der Waals surface area (Å²) in [6.45, 7) is 7.72. The number of phenolic OH excluding ortho intramolecular Hbond substituents is 1. The zero-order chi connectivity index (χ0) is 17.4. The van der Waals surface area contributed by atoms with Gasteiger partial charge in [0.2, 0.25) is 0 Å². The molecule has 1 aliphatic heterocycles. The van der Waals surface area contributed by atoms with Crippen molar-refractivity contribution in [1.82, 2.24) is 15.3 Å². The first-order chi connectivity index (χ1) is 12.1. The molecule has 2 aromatic carbocycles. The van der Waals surface area contributed by atoms with Crippen molar-refractivity contribution in [3.8, 4) is 16.9 Å². The fourth-order valence-electron chi connectivity index (χ4n) is 3.35. The lowest BCUT2D eigenvalue weighted by Crippen LogP contribution is -2.43. The first-order valence-electron chi connectivity index (χ1n) is 8.65. The molecule has 4 rings (SSSR count). The normalized spacial score (nSPS) is 14.9. The van der Waals surface area contributed by atoms with E-state index in [0.717, 1.165) is 65.3 Å². The molecule has 5 heteroatoms. The number of benzene rings is 2. The third kappa shape index (κ3) is 3.03. The van der Waals surface area contributed by atoms with Gasteiger partial charge in [0.05, 0.1) is 17.2 Å². The molecule has 25 heavy (non-hydrogen) atoms. The van der Waals surface area contributed by atoms with Crippen molar-refractivity contribution < 1.29 is 5.11 Å². The van der Waals surface area contributed by atoms with Crippen LogP contribution < -0.4 is 10.2 Å². The van der Waals surface area contributed by atoms with E-state index in [9.17, 15) is 5.11 Å². The zero-order valence-electron chi connectivity index (χ0n) is 14.6. The van der Waals surface area contributed by atoms with Crippen molar-refractivity contribution in [2.24, 2.45) is 0 Å². The van der Waals surface area contributed by atoms with Crippen LogP contribution in [0.4, 0.5) is 5.82 Å². The summed E-state index contributed by atoms with van der Waals surface area (Å²) >= 11 is 0.